The van der Waals surface area contributed by atoms with Gasteiger partial charge < -0.3 is 24.9 Å². The fourth-order valence-electron chi connectivity index (χ4n) is 3.32. The molecule has 0 saturated carbocycles. The molecule has 1 heterocycles. The van der Waals surface area contributed by atoms with Gasteiger partial charge in [-0.05, 0) is 49.1 Å². The van der Waals surface area contributed by atoms with Crippen LogP contribution in [0.25, 0.3) is 0 Å². The van der Waals surface area contributed by atoms with E-state index in [1.165, 1.54) is 6.33 Å². The highest BCUT2D eigenvalue weighted by molar-refractivity contribution is 5.90. The second-order valence-electron chi connectivity index (χ2n) is 7.16. The molecule has 2 atom stereocenters. The zero-order valence-electron chi connectivity index (χ0n) is 17.2. The van der Waals surface area contributed by atoms with Crippen molar-refractivity contribution in [3.63, 3.8) is 0 Å². The van der Waals surface area contributed by atoms with Crippen LogP contribution in [0.4, 0.5) is 0 Å². The third-order valence-electron chi connectivity index (χ3n) is 5.03. The van der Waals surface area contributed by atoms with Crippen molar-refractivity contribution < 1.29 is 19.4 Å². The fraction of sp³-hybridized carbons (Fsp3) is 0.304. The minimum Gasteiger partial charge on any atom is -0.497 e. The molecular weight excluding hydrogens is 382 g/mol. The molecule has 30 heavy (non-hydrogen) atoms. The van der Waals surface area contributed by atoms with E-state index in [1.54, 1.807) is 24.8 Å². The number of carbonyl (C=O) groups is 1. The van der Waals surface area contributed by atoms with Gasteiger partial charge in [-0.3, -0.25) is 4.79 Å². The highest BCUT2D eigenvalue weighted by Gasteiger charge is 2.19. The summed E-state index contributed by atoms with van der Waals surface area (Å²) in [4.78, 5) is 15.3. The Labute approximate surface area is 176 Å². The van der Waals surface area contributed by atoms with Crippen LogP contribution in [0.15, 0.2) is 61.1 Å². The van der Waals surface area contributed by atoms with Crippen LogP contribution < -0.4 is 15.2 Å². The van der Waals surface area contributed by atoms with Gasteiger partial charge in [0.15, 0.2) is 0 Å². The number of rotatable bonds is 10. The highest BCUT2D eigenvalue weighted by atomic mass is 16.5. The number of nitrogens with zero attached hydrogens (tertiary/aromatic N) is 2. The summed E-state index contributed by atoms with van der Waals surface area (Å²) in [6.45, 7) is 2.17. The zero-order valence-corrected chi connectivity index (χ0v) is 17.2. The molecule has 2 aromatic carbocycles. The zero-order chi connectivity index (χ0) is 21.5. The molecule has 0 bridgehead atoms. The van der Waals surface area contributed by atoms with E-state index in [1.807, 2.05) is 48.5 Å². The SMILES string of the molecule is COc1ccc(COc2ccccc2CC[C@H]([C@H](C)O)n2cnc(C(N)=O)c2)cc1. The standard InChI is InChI=1S/C23H27N3O4/c1-16(27)21(26-13-20(23(24)28)25-15-26)12-9-18-5-3-4-6-22(18)30-14-17-7-10-19(29-2)11-8-17/h3-8,10-11,13,15-16,21,27H,9,12,14H2,1-2H3,(H2,24,28)/t16-,21+/m0/s1. The molecule has 0 saturated heterocycles. The Kier molecular flexibility index (Phi) is 7.08. The molecule has 0 unspecified atom stereocenters. The molecule has 7 heteroatoms. The van der Waals surface area contributed by atoms with Gasteiger partial charge in [0.2, 0.25) is 0 Å². The number of ether oxygens (including phenoxy) is 2. The Hall–Kier alpha value is -3.32. The molecule has 0 radical (unpaired) electrons. The van der Waals surface area contributed by atoms with Crippen molar-refractivity contribution in [3.05, 3.63) is 77.9 Å². The van der Waals surface area contributed by atoms with E-state index in [9.17, 15) is 9.90 Å². The molecule has 3 aromatic rings. The predicted molar refractivity (Wildman–Crippen MR) is 114 cm³/mol. The van der Waals surface area contributed by atoms with Gasteiger partial charge in [-0.1, -0.05) is 30.3 Å². The van der Waals surface area contributed by atoms with Crippen LogP contribution in [0.2, 0.25) is 0 Å². The highest BCUT2D eigenvalue weighted by Crippen LogP contribution is 2.26. The summed E-state index contributed by atoms with van der Waals surface area (Å²) in [5.41, 5.74) is 7.56. The van der Waals surface area contributed by atoms with Gasteiger partial charge >= 0.3 is 0 Å². The average Bonchev–Trinajstić information content (AvgIpc) is 3.23. The number of primary amides is 1. The van der Waals surface area contributed by atoms with Crippen LogP contribution in [-0.4, -0.2) is 33.8 Å². The van der Waals surface area contributed by atoms with Crippen LogP contribution in [0, 0.1) is 0 Å². The monoisotopic (exact) mass is 409 g/mol. The number of methoxy groups -OCH3 is 1. The van der Waals surface area contributed by atoms with Gasteiger partial charge in [0.1, 0.15) is 23.8 Å². The molecule has 1 aromatic heterocycles. The molecule has 0 spiro atoms. The fourth-order valence-corrected chi connectivity index (χ4v) is 3.32. The summed E-state index contributed by atoms with van der Waals surface area (Å²) in [6, 6.07) is 15.4. The number of amides is 1. The van der Waals surface area contributed by atoms with Crippen molar-refractivity contribution in [1.82, 2.24) is 9.55 Å². The van der Waals surface area contributed by atoms with Gasteiger partial charge in [-0.2, -0.15) is 0 Å². The van der Waals surface area contributed by atoms with Crippen molar-refractivity contribution >= 4 is 5.91 Å². The van der Waals surface area contributed by atoms with Gasteiger partial charge in [0, 0.05) is 6.20 Å². The smallest absolute Gasteiger partial charge is 0.268 e. The van der Waals surface area contributed by atoms with E-state index in [-0.39, 0.29) is 11.7 Å². The number of hydrogen-bond donors (Lipinski definition) is 2. The molecule has 7 nitrogen and oxygen atoms in total. The van der Waals surface area contributed by atoms with E-state index >= 15 is 0 Å². The quantitative estimate of drug-likeness (QED) is 0.536. The number of aromatic nitrogens is 2. The van der Waals surface area contributed by atoms with Crippen LogP contribution in [0.1, 0.15) is 41.0 Å². The normalized spacial score (nSPS) is 12.9. The predicted octanol–water partition coefficient (Wildman–Crippen LogP) is 3.12. The lowest BCUT2D eigenvalue weighted by Gasteiger charge is -2.22. The van der Waals surface area contributed by atoms with E-state index < -0.39 is 12.0 Å². The molecule has 0 aliphatic carbocycles. The molecular formula is C23H27N3O4. The number of benzene rings is 2. The van der Waals surface area contributed by atoms with Crippen molar-refractivity contribution in [2.45, 2.75) is 38.5 Å². The number of aryl methyl sites for hydroxylation is 1. The Bertz CT molecular complexity index is 967. The Morgan fingerprint density at radius 2 is 1.93 bits per heavy atom. The van der Waals surface area contributed by atoms with E-state index in [2.05, 4.69) is 4.98 Å². The van der Waals surface area contributed by atoms with E-state index in [0.29, 0.717) is 19.4 Å². The summed E-state index contributed by atoms with van der Waals surface area (Å²) in [7, 11) is 1.64. The third kappa shape index (κ3) is 5.39. The number of imidazole rings is 1. The third-order valence-corrected chi connectivity index (χ3v) is 5.03. The molecule has 0 aliphatic rings. The molecule has 0 fully saturated rings. The van der Waals surface area contributed by atoms with Crippen molar-refractivity contribution in [2.75, 3.05) is 7.11 Å². The van der Waals surface area contributed by atoms with Crippen molar-refractivity contribution in [3.8, 4) is 11.5 Å². The minimum absolute atomic E-state index is 0.184. The van der Waals surface area contributed by atoms with Crippen LogP contribution in [0.3, 0.4) is 0 Å². The Balaban J connectivity index is 1.67. The first kappa shape index (κ1) is 21.4. The lowest BCUT2D eigenvalue weighted by Crippen LogP contribution is -2.21. The molecule has 158 valence electrons. The second-order valence-corrected chi connectivity index (χ2v) is 7.16. The first-order valence-corrected chi connectivity index (χ1v) is 9.83. The maximum Gasteiger partial charge on any atom is 0.268 e. The minimum atomic E-state index is -0.618. The summed E-state index contributed by atoms with van der Waals surface area (Å²) in [6.07, 6.45) is 3.83. The first-order chi connectivity index (χ1) is 14.5. The average molecular weight is 409 g/mol. The van der Waals surface area contributed by atoms with E-state index in [0.717, 1.165) is 22.6 Å². The number of aliphatic hydroxyl groups is 1. The number of para-hydroxylation sites is 1. The van der Waals surface area contributed by atoms with Gasteiger partial charge in [0.25, 0.3) is 5.91 Å². The van der Waals surface area contributed by atoms with E-state index in [4.69, 9.17) is 15.2 Å². The van der Waals surface area contributed by atoms with Crippen molar-refractivity contribution in [1.29, 1.82) is 0 Å². The lowest BCUT2D eigenvalue weighted by molar-refractivity contribution is 0.0994. The summed E-state index contributed by atoms with van der Waals surface area (Å²) < 4.78 is 13.0. The summed E-state index contributed by atoms with van der Waals surface area (Å²) in [5, 5.41) is 10.2. The number of aliphatic hydroxyl groups excluding tert-OH is 1. The summed E-state index contributed by atoms with van der Waals surface area (Å²) >= 11 is 0. The largest absolute Gasteiger partial charge is 0.497 e. The topological polar surface area (TPSA) is 99.6 Å². The summed E-state index contributed by atoms with van der Waals surface area (Å²) in [5.74, 6) is 1.03. The van der Waals surface area contributed by atoms with Crippen LogP contribution in [0.5, 0.6) is 11.5 Å². The Morgan fingerprint density at radius 1 is 1.20 bits per heavy atom. The molecule has 3 N–H and O–H groups in total. The van der Waals surface area contributed by atoms with Gasteiger partial charge in [-0.25, -0.2) is 4.98 Å². The second kappa shape index (κ2) is 9.93. The molecule has 1 amide bonds. The maximum atomic E-state index is 11.3. The number of nitrogens with two attached hydrogens (primary N) is 1. The van der Waals surface area contributed by atoms with Gasteiger partial charge in [0.05, 0.1) is 25.6 Å². The maximum absolute atomic E-state index is 11.3. The Morgan fingerprint density at radius 3 is 2.57 bits per heavy atom. The van der Waals surface area contributed by atoms with Gasteiger partial charge in [-0.15, -0.1) is 0 Å². The number of carbonyl (C=O) groups excluding carboxylic acids is 1. The van der Waals surface area contributed by atoms with Crippen molar-refractivity contribution in [2.24, 2.45) is 5.73 Å². The molecule has 0 aliphatic heterocycles. The lowest BCUT2D eigenvalue weighted by atomic mass is 10.0. The number of hydrogen-bond acceptors (Lipinski definition) is 5. The van der Waals surface area contributed by atoms with Crippen LogP contribution >= 0.6 is 0 Å². The van der Waals surface area contributed by atoms with Crippen LogP contribution in [-0.2, 0) is 13.0 Å². The molecule has 3 rings (SSSR count). The first-order valence-electron chi connectivity index (χ1n) is 9.83.